The zero-order valence-electron chi connectivity index (χ0n) is 7.98. The number of carbonyl (C=O) groups is 2. The van der Waals surface area contributed by atoms with Gasteiger partial charge in [-0.2, -0.15) is 0 Å². The summed E-state index contributed by atoms with van der Waals surface area (Å²) in [4.78, 5) is 22.1. The number of aromatic carboxylic acids is 1. The summed E-state index contributed by atoms with van der Waals surface area (Å²) >= 11 is 0. The first-order chi connectivity index (χ1) is 7.09. The molecule has 0 saturated carbocycles. The van der Waals surface area contributed by atoms with Gasteiger partial charge in [0.1, 0.15) is 5.56 Å². The summed E-state index contributed by atoms with van der Waals surface area (Å²) in [6, 6.07) is 4.60. The SMILES string of the molecule is C[C@H]1Oc2c(cccc2C(=O)O)NC1=O. The minimum Gasteiger partial charge on any atom is -0.478 e. The molecule has 0 radical (unpaired) electrons. The molecule has 0 unspecified atom stereocenters. The number of carbonyl (C=O) groups excluding carboxylic acids is 1. The lowest BCUT2D eigenvalue weighted by atomic mass is 10.1. The van der Waals surface area contributed by atoms with Crippen LogP contribution in [0, 0.1) is 0 Å². The smallest absolute Gasteiger partial charge is 0.339 e. The van der Waals surface area contributed by atoms with E-state index in [9.17, 15) is 9.59 Å². The molecule has 2 N–H and O–H groups in total. The van der Waals surface area contributed by atoms with Gasteiger partial charge >= 0.3 is 5.97 Å². The van der Waals surface area contributed by atoms with E-state index in [1.807, 2.05) is 0 Å². The Balaban J connectivity index is 2.52. The number of nitrogens with one attached hydrogen (secondary N) is 1. The maximum Gasteiger partial charge on any atom is 0.339 e. The third-order valence-electron chi connectivity index (χ3n) is 2.17. The lowest BCUT2D eigenvalue weighted by Gasteiger charge is -2.24. The van der Waals surface area contributed by atoms with E-state index in [1.54, 1.807) is 19.1 Å². The van der Waals surface area contributed by atoms with Gasteiger partial charge in [0.25, 0.3) is 5.91 Å². The Morgan fingerprint density at radius 2 is 2.27 bits per heavy atom. The molecule has 0 saturated heterocycles. The Bertz CT molecular complexity index is 441. The van der Waals surface area contributed by atoms with Crippen LogP contribution >= 0.6 is 0 Å². The van der Waals surface area contributed by atoms with Gasteiger partial charge in [-0.3, -0.25) is 4.79 Å². The molecule has 5 nitrogen and oxygen atoms in total. The van der Waals surface area contributed by atoms with Crippen molar-refractivity contribution in [1.82, 2.24) is 0 Å². The molecule has 78 valence electrons. The van der Waals surface area contributed by atoms with Crippen LogP contribution in [0.15, 0.2) is 18.2 Å². The average Bonchev–Trinajstić information content (AvgIpc) is 2.18. The molecule has 0 spiro atoms. The fourth-order valence-corrected chi connectivity index (χ4v) is 1.40. The van der Waals surface area contributed by atoms with Crippen molar-refractivity contribution in [3.8, 4) is 5.75 Å². The van der Waals surface area contributed by atoms with Crippen LogP contribution in [-0.2, 0) is 4.79 Å². The zero-order valence-corrected chi connectivity index (χ0v) is 7.98. The van der Waals surface area contributed by atoms with E-state index in [-0.39, 0.29) is 17.2 Å². The van der Waals surface area contributed by atoms with E-state index in [0.29, 0.717) is 5.69 Å². The lowest BCUT2D eigenvalue weighted by molar-refractivity contribution is -0.122. The molecule has 1 aliphatic heterocycles. The summed E-state index contributed by atoms with van der Waals surface area (Å²) in [7, 11) is 0. The largest absolute Gasteiger partial charge is 0.478 e. The molecule has 1 aromatic rings. The predicted octanol–water partition coefficient (Wildman–Crippen LogP) is 1.10. The molecule has 1 aliphatic rings. The molecule has 0 aromatic heterocycles. The Morgan fingerprint density at radius 3 is 2.93 bits per heavy atom. The number of anilines is 1. The zero-order chi connectivity index (χ0) is 11.0. The molecule has 0 fully saturated rings. The van der Waals surface area contributed by atoms with E-state index in [0.717, 1.165) is 0 Å². The molecule has 1 atom stereocenters. The minimum atomic E-state index is -1.07. The number of ether oxygens (including phenoxy) is 1. The van der Waals surface area contributed by atoms with Crippen LogP contribution in [0.1, 0.15) is 17.3 Å². The topological polar surface area (TPSA) is 75.6 Å². The van der Waals surface area contributed by atoms with Gasteiger partial charge in [0.05, 0.1) is 5.69 Å². The fourth-order valence-electron chi connectivity index (χ4n) is 1.40. The van der Waals surface area contributed by atoms with Crippen LogP contribution in [0.4, 0.5) is 5.69 Å². The van der Waals surface area contributed by atoms with Gasteiger partial charge in [-0.1, -0.05) is 6.07 Å². The maximum atomic E-state index is 11.3. The summed E-state index contributed by atoms with van der Waals surface area (Å²) in [6.07, 6.45) is -0.669. The van der Waals surface area contributed by atoms with Crippen LogP contribution in [0.5, 0.6) is 5.75 Å². The summed E-state index contributed by atoms with van der Waals surface area (Å²) in [5, 5.41) is 11.5. The van der Waals surface area contributed by atoms with Crippen LogP contribution in [0.25, 0.3) is 0 Å². The van der Waals surface area contributed by atoms with Gasteiger partial charge in [-0.15, -0.1) is 0 Å². The van der Waals surface area contributed by atoms with Crippen molar-refractivity contribution in [2.75, 3.05) is 5.32 Å². The number of hydrogen-bond donors (Lipinski definition) is 2. The van der Waals surface area contributed by atoms with E-state index in [1.165, 1.54) is 6.07 Å². The third-order valence-corrected chi connectivity index (χ3v) is 2.17. The highest BCUT2D eigenvalue weighted by molar-refractivity contribution is 6.01. The highest BCUT2D eigenvalue weighted by Gasteiger charge is 2.27. The number of fused-ring (bicyclic) bond motifs is 1. The van der Waals surface area contributed by atoms with E-state index in [4.69, 9.17) is 9.84 Å². The van der Waals surface area contributed by atoms with Crippen LogP contribution < -0.4 is 10.1 Å². The maximum absolute atomic E-state index is 11.3. The molecule has 1 amide bonds. The molecule has 15 heavy (non-hydrogen) atoms. The second-order valence-electron chi connectivity index (χ2n) is 3.24. The highest BCUT2D eigenvalue weighted by atomic mass is 16.5. The fraction of sp³-hybridized carbons (Fsp3) is 0.200. The summed E-state index contributed by atoms with van der Waals surface area (Å²) in [5.41, 5.74) is 0.456. The van der Waals surface area contributed by atoms with Gasteiger partial charge in [0.15, 0.2) is 11.9 Å². The number of carboxylic acids is 1. The number of benzene rings is 1. The molecular formula is C10H9NO4. The van der Waals surface area contributed by atoms with Crippen molar-refractivity contribution in [2.24, 2.45) is 0 Å². The molecule has 1 heterocycles. The van der Waals surface area contributed by atoms with Crippen LogP contribution in [0.2, 0.25) is 0 Å². The minimum absolute atomic E-state index is 0.0550. The number of hydrogen-bond acceptors (Lipinski definition) is 3. The van der Waals surface area contributed by atoms with Crippen molar-refractivity contribution in [3.63, 3.8) is 0 Å². The predicted molar refractivity (Wildman–Crippen MR) is 52.1 cm³/mol. The van der Waals surface area contributed by atoms with E-state index in [2.05, 4.69) is 5.32 Å². The number of amides is 1. The van der Waals surface area contributed by atoms with Gasteiger partial charge in [-0.25, -0.2) is 4.79 Å². The van der Waals surface area contributed by atoms with Crippen LogP contribution in [0.3, 0.4) is 0 Å². The second-order valence-corrected chi connectivity index (χ2v) is 3.24. The van der Waals surface area contributed by atoms with Crippen molar-refractivity contribution < 1.29 is 19.4 Å². The van der Waals surface area contributed by atoms with E-state index >= 15 is 0 Å². The van der Waals surface area contributed by atoms with Crippen molar-refractivity contribution in [3.05, 3.63) is 23.8 Å². The summed E-state index contributed by atoms with van der Waals surface area (Å²) < 4.78 is 5.24. The molecular weight excluding hydrogens is 198 g/mol. The average molecular weight is 207 g/mol. The number of para-hydroxylation sites is 1. The number of rotatable bonds is 1. The first-order valence-corrected chi connectivity index (χ1v) is 4.43. The van der Waals surface area contributed by atoms with Crippen molar-refractivity contribution in [2.45, 2.75) is 13.0 Å². The number of carboxylic acid groups (broad SMARTS) is 1. The Morgan fingerprint density at radius 1 is 1.53 bits per heavy atom. The Kier molecular flexibility index (Phi) is 2.07. The second kappa shape index (κ2) is 3.27. The monoisotopic (exact) mass is 207 g/mol. The summed E-state index contributed by atoms with van der Waals surface area (Å²) in [6.45, 7) is 1.57. The van der Waals surface area contributed by atoms with E-state index < -0.39 is 12.1 Å². The first kappa shape index (κ1) is 9.51. The van der Waals surface area contributed by atoms with Gasteiger partial charge in [0, 0.05) is 0 Å². The third kappa shape index (κ3) is 1.52. The van der Waals surface area contributed by atoms with Crippen molar-refractivity contribution >= 4 is 17.6 Å². The van der Waals surface area contributed by atoms with Gasteiger partial charge in [-0.05, 0) is 19.1 Å². The van der Waals surface area contributed by atoms with Crippen LogP contribution in [-0.4, -0.2) is 23.1 Å². The normalized spacial score (nSPS) is 18.7. The Labute approximate surface area is 85.7 Å². The first-order valence-electron chi connectivity index (χ1n) is 4.43. The van der Waals surface area contributed by atoms with Crippen molar-refractivity contribution in [1.29, 1.82) is 0 Å². The lowest BCUT2D eigenvalue weighted by Crippen LogP contribution is -2.35. The standard InChI is InChI=1S/C10H9NO4/c1-5-9(12)11-7-4-2-3-6(10(13)14)8(7)15-5/h2-5H,1H3,(H,11,12)(H,13,14)/t5-/m1/s1. The summed E-state index contributed by atoms with van der Waals surface area (Å²) in [5.74, 6) is -1.13. The van der Waals surface area contributed by atoms with Gasteiger partial charge < -0.3 is 15.2 Å². The molecule has 0 aliphatic carbocycles. The van der Waals surface area contributed by atoms with Gasteiger partial charge in [0.2, 0.25) is 0 Å². The molecule has 0 bridgehead atoms. The molecule has 1 aromatic carbocycles. The molecule has 5 heteroatoms. The highest BCUT2D eigenvalue weighted by Crippen LogP contribution is 2.33. The molecule has 2 rings (SSSR count). The quantitative estimate of drug-likeness (QED) is 0.723. The Hall–Kier alpha value is -2.04.